The van der Waals surface area contributed by atoms with Gasteiger partial charge in [0, 0.05) is 0 Å². The number of hydrogen-bond donors (Lipinski definition) is 0. The van der Waals surface area contributed by atoms with Gasteiger partial charge >= 0.3 is 0 Å². The summed E-state index contributed by atoms with van der Waals surface area (Å²) in [4.78, 5) is 0. The molecule has 2 heteroatoms. The zero-order valence-electron chi connectivity index (χ0n) is 20.1. The van der Waals surface area contributed by atoms with Crippen LogP contribution in [0.1, 0.15) is 110 Å². The maximum Gasteiger partial charge on any atom is 0.140 e. The SMILES string of the molecule is C#CC[N+](CCCCCCCCC)(CCCCCCCCC)CC1(I)C=CC=CC1. The first-order valence-corrected chi connectivity index (χ1v) is 14.0. The van der Waals surface area contributed by atoms with Crippen molar-refractivity contribution in [2.45, 2.75) is 114 Å². The maximum absolute atomic E-state index is 5.93. The molecule has 0 heterocycles. The molecule has 0 N–H and O–H groups in total. The van der Waals surface area contributed by atoms with E-state index in [0.717, 1.165) is 17.4 Å². The van der Waals surface area contributed by atoms with Gasteiger partial charge in [-0.05, 0) is 38.0 Å². The van der Waals surface area contributed by atoms with Crippen LogP contribution in [0.2, 0.25) is 0 Å². The van der Waals surface area contributed by atoms with E-state index in [0.29, 0.717) is 0 Å². The molecular formula is C28H49IN+. The van der Waals surface area contributed by atoms with E-state index < -0.39 is 0 Å². The number of hydrogen-bond acceptors (Lipinski definition) is 0. The lowest BCUT2D eigenvalue weighted by Gasteiger charge is -2.42. The lowest BCUT2D eigenvalue weighted by molar-refractivity contribution is -0.922. The summed E-state index contributed by atoms with van der Waals surface area (Å²) in [5.41, 5.74) is 0. The molecule has 0 aliphatic heterocycles. The number of terminal acetylenes is 1. The van der Waals surface area contributed by atoms with Crippen LogP contribution in [0, 0.1) is 12.3 Å². The van der Waals surface area contributed by atoms with E-state index in [1.165, 1.54) is 110 Å². The van der Waals surface area contributed by atoms with Crippen molar-refractivity contribution in [3.63, 3.8) is 0 Å². The van der Waals surface area contributed by atoms with Crippen LogP contribution in [0.25, 0.3) is 0 Å². The fourth-order valence-corrected chi connectivity index (χ4v) is 5.99. The van der Waals surface area contributed by atoms with Gasteiger partial charge in [0.25, 0.3) is 0 Å². The monoisotopic (exact) mass is 526 g/mol. The first-order valence-electron chi connectivity index (χ1n) is 12.9. The van der Waals surface area contributed by atoms with E-state index in [9.17, 15) is 0 Å². The summed E-state index contributed by atoms with van der Waals surface area (Å²) in [6.07, 6.45) is 35.5. The summed E-state index contributed by atoms with van der Waals surface area (Å²) in [6.45, 7) is 9.19. The summed E-state index contributed by atoms with van der Waals surface area (Å²) < 4.78 is 1.35. The average molecular weight is 527 g/mol. The van der Waals surface area contributed by atoms with Crippen molar-refractivity contribution in [1.29, 1.82) is 0 Å². The normalized spacial score (nSPS) is 18.6. The van der Waals surface area contributed by atoms with Crippen molar-refractivity contribution in [3.8, 4) is 12.3 Å². The van der Waals surface area contributed by atoms with Gasteiger partial charge in [-0.1, -0.05) is 125 Å². The summed E-state index contributed by atoms with van der Waals surface area (Å²) in [5.74, 6) is 3.08. The Morgan fingerprint density at radius 3 is 1.73 bits per heavy atom. The predicted molar refractivity (Wildman–Crippen MR) is 144 cm³/mol. The van der Waals surface area contributed by atoms with Crippen LogP contribution in [-0.2, 0) is 0 Å². The zero-order valence-corrected chi connectivity index (χ0v) is 22.3. The molecule has 1 rings (SSSR count). The van der Waals surface area contributed by atoms with E-state index in [4.69, 9.17) is 6.42 Å². The minimum absolute atomic E-state index is 0.228. The molecule has 0 bridgehead atoms. The van der Waals surface area contributed by atoms with Crippen molar-refractivity contribution in [2.24, 2.45) is 0 Å². The summed E-state index contributed by atoms with van der Waals surface area (Å²) in [5, 5.41) is 0. The van der Waals surface area contributed by atoms with E-state index in [1.54, 1.807) is 0 Å². The molecular weight excluding hydrogens is 477 g/mol. The highest BCUT2D eigenvalue weighted by atomic mass is 127. The Hall–Kier alpha value is -0.270. The number of quaternary nitrogens is 1. The first kappa shape index (κ1) is 27.8. The van der Waals surface area contributed by atoms with Crippen molar-refractivity contribution < 1.29 is 4.48 Å². The summed E-state index contributed by atoms with van der Waals surface area (Å²) in [7, 11) is 0. The molecule has 172 valence electrons. The molecule has 30 heavy (non-hydrogen) atoms. The summed E-state index contributed by atoms with van der Waals surface area (Å²) in [6, 6.07) is 0. The fraction of sp³-hybridized carbons (Fsp3) is 0.786. The number of alkyl halides is 1. The van der Waals surface area contributed by atoms with Crippen molar-refractivity contribution in [1.82, 2.24) is 0 Å². The number of allylic oxidation sites excluding steroid dienone is 3. The van der Waals surface area contributed by atoms with Crippen LogP contribution >= 0.6 is 22.6 Å². The fourth-order valence-electron chi connectivity index (χ4n) is 4.80. The number of halogens is 1. The van der Waals surface area contributed by atoms with E-state index in [2.05, 4.69) is 66.7 Å². The largest absolute Gasteiger partial charge is 0.312 e. The Labute approximate surface area is 202 Å². The molecule has 0 aromatic heterocycles. The lowest BCUT2D eigenvalue weighted by atomic mass is 9.97. The molecule has 0 fully saturated rings. The highest BCUT2D eigenvalue weighted by Gasteiger charge is 2.36. The number of unbranched alkanes of at least 4 members (excludes halogenated alkanes) is 12. The molecule has 0 aromatic carbocycles. The minimum Gasteiger partial charge on any atom is -0.312 e. The topological polar surface area (TPSA) is 0 Å². The molecule has 1 unspecified atom stereocenters. The minimum atomic E-state index is 0.228. The Bertz CT molecular complexity index is 497. The molecule has 0 spiro atoms. The smallest absolute Gasteiger partial charge is 0.140 e. The number of rotatable bonds is 19. The van der Waals surface area contributed by atoms with Gasteiger partial charge in [-0.3, -0.25) is 0 Å². The molecule has 1 aliphatic rings. The Morgan fingerprint density at radius 1 is 0.800 bits per heavy atom. The molecule has 0 amide bonds. The van der Waals surface area contributed by atoms with Crippen LogP contribution in [0.3, 0.4) is 0 Å². The highest BCUT2D eigenvalue weighted by molar-refractivity contribution is 14.1. The lowest BCUT2D eigenvalue weighted by Crippen LogP contribution is -2.55. The van der Waals surface area contributed by atoms with Gasteiger partial charge in [-0.25, -0.2) is 0 Å². The molecule has 1 atom stereocenters. The Kier molecular flexibility index (Phi) is 16.0. The van der Waals surface area contributed by atoms with Gasteiger partial charge < -0.3 is 4.48 Å². The van der Waals surface area contributed by atoms with E-state index >= 15 is 0 Å². The van der Waals surface area contributed by atoms with Gasteiger partial charge in [0.1, 0.15) is 6.54 Å². The van der Waals surface area contributed by atoms with Crippen LogP contribution in [0.4, 0.5) is 0 Å². The van der Waals surface area contributed by atoms with Gasteiger partial charge in [-0.2, -0.15) is 0 Å². The van der Waals surface area contributed by atoms with Crippen molar-refractivity contribution in [3.05, 3.63) is 24.3 Å². The van der Waals surface area contributed by atoms with Gasteiger partial charge in [0.2, 0.25) is 0 Å². The molecule has 1 aliphatic carbocycles. The standard InChI is InChI=1S/C28H49IN/c1-4-7-9-11-13-15-20-25-30(24-6-3,26-21-16-14-12-10-8-5-2)27-28(29)22-18-17-19-23-28/h3,17-19,22H,4-5,7-16,20-21,23-27H2,1-2H3/q+1. The molecule has 0 saturated carbocycles. The van der Waals surface area contributed by atoms with Crippen LogP contribution in [-0.4, -0.2) is 34.1 Å². The maximum atomic E-state index is 5.93. The third-order valence-corrected chi connectivity index (χ3v) is 7.74. The molecule has 1 nitrogen and oxygen atoms in total. The Morgan fingerprint density at radius 2 is 1.30 bits per heavy atom. The van der Waals surface area contributed by atoms with Crippen molar-refractivity contribution in [2.75, 3.05) is 26.2 Å². The molecule has 0 saturated heterocycles. The van der Waals surface area contributed by atoms with E-state index in [-0.39, 0.29) is 3.42 Å². The van der Waals surface area contributed by atoms with Gasteiger partial charge in [0.05, 0.1) is 23.1 Å². The van der Waals surface area contributed by atoms with Gasteiger partial charge in [0.15, 0.2) is 0 Å². The Balaban J connectivity index is 2.60. The van der Waals surface area contributed by atoms with Crippen LogP contribution in [0.5, 0.6) is 0 Å². The summed E-state index contributed by atoms with van der Waals surface area (Å²) >= 11 is 2.70. The predicted octanol–water partition coefficient (Wildman–Crippen LogP) is 8.63. The quantitative estimate of drug-likeness (QED) is 0.0520. The zero-order chi connectivity index (χ0) is 22.0. The van der Waals surface area contributed by atoms with Crippen LogP contribution < -0.4 is 0 Å². The second-order valence-corrected chi connectivity index (χ2v) is 11.7. The average Bonchev–Trinajstić information content (AvgIpc) is 2.73. The third-order valence-electron chi connectivity index (χ3n) is 6.60. The van der Waals surface area contributed by atoms with Crippen molar-refractivity contribution >= 4 is 22.6 Å². The number of nitrogens with zero attached hydrogens (tertiary/aromatic N) is 1. The van der Waals surface area contributed by atoms with Crippen LogP contribution in [0.15, 0.2) is 24.3 Å². The molecule has 0 radical (unpaired) electrons. The first-order chi connectivity index (χ1) is 14.6. The van der Waals surface area contributed by atoms with Gasteiger partial charge in [-0.15, -0.1) is 6.42 Å². The third kappa shape index (κ3) is 12.6. The second kappa shape index (κ2) is 17.3. The molecule has 0 aromatic rings. The van der Waals surface area contributed by atoms with E-state index in [1.807, 2.05) is 0 Å². The second-order valence-electron chi connectivity index (χ2n) is 9.58. The highest BCUT2D eigenvalue weighted by Crippen LogP contribution is 2.33.